The minimum Gasteiger partial charge on any atom is -0.361 e. The molecule has 3 rings (SSSR count). The second kappa shape index (κ2) is 6.74. The molecule has 0 atom stereocenters. The van der Waals surface area contributed by atoms with E-state index in [1.54, 1.807) is 13.0 Å². The van der Waals surface area contributed by atoms with Crippen LogP contribution in [0.25, 0.3) is 11.0 Å². The first-order chi connectivity index (χ1) is 12.7. The van der Waals surface area contributed by atoms with Gasteiger partial charge in [-0.2, -0.15) is 13.2 Å². The third-order valence-corrected chi connectivity index (χ3v) is 3.79. The SMILES string of the molecule is Cc1noc(C)c1C(=O)NNC(=O)Cn1c(C(F)(F)F)nc2ccccc21. The van der Waals surface area contributed by atoms with Gasteiger partial charge >= 0.3 is 6.18 Å². The van der Waals surface area contributed by atoms with Crippen molar-refractivity contribution in [1.29, 1.82) is 0 Å². The number of rotatable bonds is 3. The summed E-state index contributed by atoms with van der Waals surface area (Å²) in [4.78, 5) is 27.7. The van der Waals surface area contributed by atoms with Gasteiger partial charge in [0.2, 0.25) is 5.82 Å². The number of carbonyl (C=O) groups excluding carboxylic acids is 2. The van der Waals surface area contributed by atoms with E-state index in [4.69, 9.17) is 4.52 Å². The van der Waals surface area contributed by atoms with Gasteiger partial charge in [0.25, 0.3) is 11.8 Å². The fourth-order valence-corrected chi connectivity index (χ4v) is 2.63. The highest BCUT2D eigenvalue weighted by atomic mass is 19.4. The molecule has 8 nitrogen and oxygen atoms in total. The summed E-state index contributed by atoms with van der Waals surface area (Å²) in [6, 6.07) is 5.92. The van der Waals surface area contributed by atoms with Crippen molar-refractivity contribution in [2.24, 2.45) is 0 Å². The average molecular weight is 381 g/mol. The Morgan fingerprint density at radius 3 is 2.52 bits per heavy atom. The molecule has 3 aromatic rings. The highest BCUT2D eigenvalue weighted by Gasteiger charge is 2.38. The molecule has 0 saturated carbocycles. The van der Waals surface area contributed by atoms with Crippen LogP contribution in [0, 0.1) is 13.8 Å². The molecule has 0 unspecified atom stereocenters. The number of amides is 2. The van der Waals surface area contributed by atoms with Gasteiger partial charge in [-0.3, -0.25) is 20.4 Å². The number of fused-ring (bicyclic) bond motifs is 1. The van der Waals surface area contributed by atoms with Crippen molar-refractivity contribution in [3.63, 3.8) is 0 Å². The number of hydrogen-bond acceptors (Lipinski definition) is 5. The van der Waals surface area contributed by atoms with Crippen LogP contribution in [0.3, 0.4) is 0 Å². The van der Waals surface area contributed by atoms with Gasteiger partial charge < -0.3 is 9.09 Å². The molecule has 0 saturated heterocycles. The standard InChI is InChI=1S/C16H14F3N5O3/c1-8-13(9(2)27-23-8)14(26)22-21-12(25)7-24-11-6-4-3-5-10(11)20-15(24)16(17,18)19/h3-6H,7H2,1-2H3,(H,21,25)(H,22,26). The van der Waals surface area contributed by atoms with Gasteiger partial charge in [0.05, 0.1) is 16.7 Å². The highest BCUT2D eigenvalue weighted by Crippen LogP contribution is 2.31. The average Bonchev–Trinajstić information content (AvgIpc) is 3.13. The summed E-state index contributed by atoms with van der Waals surface area (Å²) in [5.74, 6) is -2.50. The second-order valence-electron chi connectivity index (χ2n) is 5.71. The normalized spacial score (nSPS) is 11.6. The van der Waals surface area contributed by atoms with E-state index >= 15 is 0 Å². The molecule has 2 aromatic heterocycles. The summed E-state index contributed by atoms with van der Waals surface area (Å²) in [5.41, 5.74) is 4.93. The lowest BCUT2D eigenvalue weighted by atomic mass is 10.2. The Bertz CT molecular complexity index is 1000. The summed E-state index contributed by atoms with van der Waals surface area (Å²) in [6.07, 6.45) is -4.74. The van der Waals surface area contributed by atoms with Crippen LogP contribution in [0.15, 0.2) is 28.8 Å². The van der Waals surface area contributed by atoms with Crippen molar-refractivity contribution < 1.29 is 27.3 Å². The smallest absolute Gasteiger partial charge is 0.361 e. The molecule has 0 fully saturated rings. The summed E-state index contributed by atoms with van der Waals surface area (Å²) in [7, 11) is 0. The Labute approximate surface area is 150 Å². The molecule has 27 heavy (non-hydrogen) atoms. The number of para-hydroxylation sites is 2. The molecule has 0 aliphatic rings. The predicted molar refractivity (Wildman–Crippen MR) is 86.3 cm³/mol. The van der Waals surface area contributed by atoms with Crippen molar-refractivity contribution in [1.82, 2.24) is 25.6 Å². The van der Waals surface area contributed by atoms with Crippen LogP contribution in [0.1, 0.15) is 27.6 Å². The summed E-state index contributed by atoms with van der Waals surface area (Å²) in [6.45, 7) is 2.38. The Hall–Kier alpha value is -3.37. The predicted octanol–water partition coefficient (Wildman–Crippen LogP) is 2.12. The number of nitrogens with zero attached hydrogens (tertiary/aromatic N) is 3. The third-order valence-electron chi connectivity index (χ3n) is 3.79. The van der Waals surface area contributed by atoms with Gasteiger partial charge in [-0.15, -0.1) is 0 Å². The largest absolute Gasteiger partial charge is 0.449 e. The molecule has 0 bridgehead atoms. The minimum atomic E-state index is -4.74. The van der Waals surface area contributed by atoms with Crippen LogP contribution >= 0.6 is 0 Å². The van der Waals surface area contributed by atoms with Crippen LogP contribution in [-0.2, 0) is 17.5 Å². The van der Waals surface area contributed by atoms with E-state index in [0.29, 0.717) is 5.69 Å². The number of hydrogen-bond donors (Lipinski definition) is 2. The van der Waals surface area contributed by atoms with E-state index in [1.165, 1.54) is 25.1 Å². The Kier molecular flexibility index (Phi) is 4.60. The van der Waals surface area contributed by atoms with E-state index in [1.807, 2.05) is 0 Å². The van der Waals surface area contributed by atoms with E-state index in [-0.39, 0.29) is 22.4 Å². The van der Waals surface area contributed by atoms with Crippen molar-refractivity contribution >= 4 is 22.8 Å². The number of aryl methyl sites for hydroxylation is 2. The van der Waals surface area contributed by atoms with Gasteiger partial charge in [0.1, 0.15) is 17.9 Å². The molecular weight excluding hydrogens is 367 g/mol. The molecule has 0 aliphatic heterocycles. The number of imidazole rings is 1. The van der Waals surface area contributed by atoms with Crippen LogP contribution in [-0.4, -0.2) is 26.5 Å². The van der Waals surface area contributed by atoms with Crippen molar-refractivity contribution in [3.05, 3.63) is 47.1 Å². The lowest BCUT2D eigenvalue weighted by molar-refractivity contribution is -0.147. The quantitative estimate of drug-likeness (QED) is 0.677. The summed E-state index contributed by atoms with van der Waals surface area (Å²) < 4.78 is 45.3. The molecule has 11 heteroatoms. The molecule has 0 radical (unpaired) electrons. The third kappa shape index (κ3) is 3.61. The van der Waals surface area contributed by atoms with Crippen LogP contribution in [0.5, 0.6) is 0 Å². The first-order valence-corrected chi connectivity index (χ1v) is 7.73. The number of halogens is 3. The van der Waals surface area contributed by atoms with E-state index in [2.05, 4.69) is 21.0 Å². The van der Waals surface area contributed by atoms with Crippen molar-refractivity contribution in [3.8, 4) is 0 Å². The maximum Gasteiger partial charge on any atom is 0.449 e. The lowest BCUT2D eigenvalue weighted by Crippen LogP contribution is -2.43. The number of benzene rings is 1. The fourth-order valence-electron chi connectivity index (χ4n) is 2.63. The zero-order chi connectivity index (χ0) is 19.8. The van der Waals surface area contributed by atoms with E-state index in [9.17, 15) is 22.8 Å². The minimum absolute atomic E-state index is 0.109. The molecule has 2 amide bonds. The van der Waals surface area contributed by atoms with E-state index in [0.717, 1.165) is 4.57 Å². The summed E-state index contributed by atoms with van der Waals surface area (Å²) in [5, 5.41) is 3.61. The maximum absolute atomic E-state index is 13.2. The first kappa shape index (κ1) is 18.4. The number of alkyl halides is 3. The Morgan fingerprint density at radius 1 is 1.19 bits per heavy atom. The van der Waals surface area contributed by atoms with Gasteiger partial charge in [-0.25, -0.2) is 4.98 Å². The molecular formula is C16H14F3N5O3. The zero-order valence-corrected chi connectivity index (χ0v) is 14.2. The number of aromatic nitrogens is 3. The number of hydrazine groups is 1. The van der Waals surface area contributed by atoms with Crippen LogP contribution in [0.4, 0.5) is 13.2 Å². The topological polar surface area (TPSA) is 102 Å². The monoisotopic (exact) mass is 381 g/mol. The molecule has 0 spiro atoms. The number of nitrogens with one attached hydrogen (secondary N) is 2. The zero-order valence-electron chi connectivity index (χ0n) is 14.2. The van der Waals surface area contributed by atoms with Crippen LogP contribution in [0.2, 0.25) is 0 Å². The van der Waals surface area contributed by atoms with Gasteiger partial charge in [0, 0.05) is 0 Å². The van der Waals surface area contributed by atoms with E-state index < -0.39 is 30.4 Å². The summed E-state index contributed by atoms with van der Waals surface area (Å²) >= 11 is 0. The van der Waals surface area contributed by atoms with Gasteiger partial charge in [-0.1, -0.05) is 17.3 Å². The number of carbonyl (C=O) groups is 2. The molecule has 1 aromatic carbocycles. The Morgan fingerprint density at radius 2 is 1.89 bits per heavy atom. The molecule has 2 heterocycles. The first-order valence-electron chi connectivity index (χ1n) is 7.73. The molecule has 2 N–H and O–H groups in total. The van der Waals surface area contributed by atoms with Gasteiger partial charge in [-0.05, 0) is 26.0 Å². The molecule has 0 aliphatic carbocycles. The van der Waals surface area contributed by atoms with Gasteiger partial charge in [0.15, 0.2) is 0 Å². The Balaban J connectivity index is 1.77. The fraction of sp³-hybridized carbons (Fsp3) is 0.250. The van der Waals surface area contributed by atoms with Crippen LogP contribution < -0.4 is 10.9 Å². The van der Waals surface area contributed by atoms with Crippen molar-refractivity contribution in [2.75, 3.05) is 0 Å². The maximum atomic E-state index is 13.2. The van der Waals surface area contributed by atoms with Crippen molar-refractivity contribution in [2.45, 2.75) is 26.6 Å². The second-order valence-corrected chi connectivity index (χ2v) is 5.71. The lowest BCUT2D eigenvalue weighted by Gasteiger charge is -2.12. The highest BCUT2D eigenvalue weighted by molar-refractivity contribution is 5.97. The molecule has 142 valence electrons.